The predicted molar refractivity (Wildman–Crippen MR) is 72.8 cm³/mol. The number of amides is 1. The fourth-order valence-electron chi connectivity index (χ4n) is 2.27. The van der Waals surface area contributed by atoms with Gasteiger partial charge in [0.15, 0.2) is 5.69 Å². The predicted octanol–water partition coefficient (Wildman–Crippen LogP) is 1.17. The average molecular weight is 296 g/mol. The Hall–Kier alpha value is -1.89. The number of carbonyl (C=O) groups is 2. The smallest absolute Gasteiger partial charge is 0.307 e. The van der Waals surface area contributed by atoms with Crippen LogP contribution in [0.4, 0.5) is 0 Å². The summed E-state index contributed by atoms with van der Waals surface area (Å²) in [5, 5.41) is 3.74. The molecule has 1 aliphatic rings. The molecule has 7 nitrogen and oxygen atoms in total. The van der Waals surface area contributed by atoms with Crippen molar-refractivity contribution in [2.75, 3.05) is 26.8 Å². The zero-order chi connectivity index (χ0) is 15.2. The van der Waals surface area contributed by atoms with Crippen LogP contribution in [0.1, 0.15) is 35.5 Å². The van der Waals surface area contributed by atoms with Crippen molar-refractivity contribution in [3.63, 3.8) is 0 Å². The van der Waals surface area contributed by atoms with Gasteiger partial charge in [-0.3, -0.25) is 9.59 Å². The number of carbonyl (C=O) groups excluding carboxylic acids is 2. The van der Waals surface area contributed by atoms with Crippen LogP contribution in [0.2, 0.25) is 0 Å². The number of esters is 1. The molecule has 1 saturated heterocycles. The van der Waals surface area contributed by atoms with E-state index in [1.165, 1.54) is 7.11 Å². The maximum absolute atomic E-state index is 12.4. The maximum Gasteiger partial charge on any atom is 0.307 e. The molecule has 1 atom stereocenters. The van der Waals surface area contributed by atoms with Crippen molar-refractivity contribution in [3.8, 4) is 0 Å². The van der Waals surface area contributed by atoms with E-state index in [9.17, 15) is 9.59 Å². The first kappa shape index (κ1) is 15.5. The second kappa shape index (κ2) is 7.21. The Morgan fingerprint density at radius 3 is 2.90 bits per heavy atom. The summed E-state index contributed by atoms with van der Waals surface area (Å²) in [4.78, 5) is 25.3. The third kappa shape index (κ3) is 4.29. The highest BCUT2D eigenvalue weighted by Gasteiger charge is 2.25. The highest BCUT2D eigenvalue weighted by atomic mass is 16.5. The van der Waals surface area contributed by atoms with E-state index in [1.54, 1.807) is 17.9 Å². The summed E-state index contributed by atoms with van der Waals surface area (Å²) >= 11 is 0. The van der Waals surface area contributed by atoms with Gasteiger partial charge in [0, 0.05) is 25.8 Å². The molecule has 21 heavy (non-hydrogen) atoms. The van der Waals surface area contributed by atoms with Crippen LogP contribution in [0, 0.1) is 6.92 Å². The fourth-order valence-corrected chi connectivity index (χ4v) is 2.27. The minimum absolute atomic E-state index is 0.0135. The van der Waals surface area contributed by atoms with Crippen molar-refractivity contribution in [1.82, 2.24) is 10.1 Å². The third-order valence-corrected chi connectivity index (χ3v) is 3.40. The van der Waals surface area contributed by atoms with Gasteiger partial charge in [-0.25, -0.2) is 0 Å². The lowest BCUT2D eigenvalue weighted by molar-refractivity contribution is -0.140. The minimum Gasteiger partial charge on any atom is -0.469 e. The molecule has 1 aliphatic heterocycles. The molecule has 0 N–H and O–H groups in total. The van der Waals surface area contributed by atoms with Gasteiger partial charge < -0.3 is 18.9 Å². The van der Waals surface area contributed by atoms with Crippen LogP contribution >= 0.6 is 0 Å². The molecule has 2 heterocycles. The summed E-state index contributed by atoms with van der Waals surface area (Å²) in [7, 11) is 1.33. The Morgan fingerprint density at radius 2 is 2.33 bits per heavy atom. The van der Waals surface area contributed by atoms with Crippen LogP contribution in [0.25, 0.3) is 0 Å². The second-order valence-corrected chi connectivity index (χ2v) is 5.04. The van der Waals surface area contributed by atoms with Gasteiger partial charge in [-0.15, -0.1) is 0 Å². The van der Waals surface area contributed by atoms with Crippen molar-refractivity contribution in [2.24, 2.45) is 0 Å². The number of nitrogens with zero attached hydrogens (tertiary/aromatic N) is 2. The first-order chi connectivity index (χ1) is 10.1. The van der Waals surface area contributed by atoms with Crippen molar-refractivity contribution in [3.05, 3.63) is 17.5 Å². The largest absolute Gasteiger partial charge is 0.469 e. The Kier molecular flexibility index (Phi) is 5.32. The van der Waals surface area contributed by atoms with Gasteiger partial charge in [0.2, 0.25) is 0 Å². The zero-order valence-electron chi connectivity index (χ0n) is 12.3. The first-order valence-corrected chi connectivity index (χ1v) is 7.01. The lowest BCUT2D eigenvalue weighted by Gasteiger charge is -2.24. The van der Waals surface area contributed by atoms with E-state index in [4.69, 9.17) is 9.26 Å². The number of hydrogen-bond donors (Lipinski definition) is 0. The average Bonchev–Trinajstić information content (AvgIpc) is 3.13. The molecule has 0 aliphatic carbocycles. The topological polar surface area (TPSA) is 81.9 Å². The molecule has 0 spiro atoms. The molecule has 1 aromatic heterocycles. The summed E-state index contributed by atoms with van der Waals surface area (Å²) in [6.45, 7) is 3.16. The van der Waals surface area contributed by atoms with Crippen molar-refractivity contribution >= 4 is 11.9 Å². The zero-order valence-corrected chi connectivity index (χ0v) is 12.3. The molecule has 0 aromatic carbocycles. The third-order valence-electron chi connectivity index (χ3n) is 3.40. The molecule has 0 bridgehead atoms. The molecule has 1 fully saturated rings. The molecular weight excluding hydrogens is 276 g/mol. The van der Waals surface area contributed by atoms with Crippen LogP contribution < -0.4 is 0 Å². The molecule has 1 amide bonds. The Bertz CT molecular complexity index is 493. The quantitative estimate of drug-likeness (QED) is 0.733. The Labute approximate surface area is 123 Å². The highest BCUT2D eigenvalue weighted by molar-refractivity contribution is 5.92. The van der Waals surface area contributed by atoms with E-state index >= 15 is 0 Å². The number of aryl methyl sites for hydroxylation is 1. The van der Waals surface area contributed by atoms with Crippen LogP contribution in [0.15, 0.2) is 10.6 Å². The van der Waals surface area contributed by atoms with Crippen LogP contribution in [0.5, 0.6) is 0 Å². The van der Waals surface area contributed by atoms with Gasteiger partial charge in [0.1, 0.15) is 5.76 Å². The Morgan fingerprint density at radius 1 is 1.52 bits per heavy atom. The number of methoxy groups -OCH3 is 1. The molecule has 0 saturated carbocycles. The normalized spacial score (nSPS) is 17.7. The second-order valence-electron chi connectivity index (χ2n) is 5.04. The van der Waals surface area contributed by atoms with Crippen molar-refractivity contribution < 1.29 is 23.6 Å². The van der Waals surface area contributed by atoms with Gasteiger partial charge in [-0.1, -0.05) is 5.16 Å². The SMILES string of the molecule is COC(=O)CCN(CC1CCCO1)C(=O)c1cc(C)on1. The first-order valence-electron chi connectivity index (χ1n) is 7.01. The molecule has 0 radical (unpaired) electrons. The van der Waals surface area contributed by atoms with E-state index in [-0.39, 0.29) is 36.6 Å². The van der Waals surface area contributed by atoms with E-state index in [0.717, 1.165) is 12.8 Å². The summed E-state index contributed by atoms with van der Waals surface area (Å²) in [6, 6.07) is 1.59. The lowest BCUT2D eigenvalue weighted by atomic mass is 10.2. The monoisotopic (exact) mass is 296 g/mol. The van der Waals surface area contributed by atoms with Gasteiger partial charge >= 0.3 is 5.97 Å². The summed E-state index contributed by atoms with van der Waals surface area (Å²) < 4.78 is 15.1. The molecule has 7 heteroatoms. The van der Waals surface area contributed by atoms with Crippen molar-refractivity contribution in [1.29, 1.82) is 0 Å². The van der Waals surface area contributed by atoms with Gasteiger partial charge in [0.05, 0.1) is 19.6 Å². The summed E-state index contributed by atoms with van der Waals surface area (Å²) in [6.07, 6.45) is 2.07. The molecule has 1 unspecified atom stereocenters. The maximum atomic E-state index is 12.4. The van der Waals surface area contributed by atoms with E-state index in [2.05, 4.69) is 9.89 Å². The highest BCUT2D eigenvalue weighted by Crippen LogP contribution is 2.15. The van der Waals surface area contributed by atoms with Crippen LogP contribution in [0.3, 0.4) is 0 Å². The molecule has 2 rings (SSSR count). The fraction of sp³-hybridized carbons (Fsp3) is 0.643. The minimum atomic E-state index is -0.350. The lowest BCUT2D eigenvalue weighted by Crippen LogP contribution is -2.39. The van der Waals surface area contributed by atoms with Gasteiger partial charge in [-0.05, 0) is 19.8 Å². The standard InChI is InChI=1S/C14H20N2O5/c1-10-8-12(15-21-10)14(18)16(6-5-13(17)19-2)9-11-4-3-7-20-11/h8,11H,3-7,9H2,1-2H3. The van der Waals surface area contributed by atoms with Crippen LogP contribution in [-0.4, -0.2) is 54.8 Å². The van der Waals surface area contributed by atoms with Gasteiger partial charge in [0.25, 0.3) is 5.91 Å². The van der Waals surface area contributed by atoms with E-state index < -0.39 is 0 Å². The number of ether oxygens (including phenoxy) is 2. The molecule has 1 aromatic rings. The molecular formula is C14H20N2O5. The molecule has 116 valence electrons. The van der Waals surface area contributed by atoms with Crippen molar-refractivity contribution in [2.45, 2.75) is 32.3 Å². The van der Waals surface area contributed by atoms with Crippen LogP contribution in [-0.2, 0) is 14.3 Å². The number of hydrogen-bond acceptors (Lipinski definition) is 6. The summed E-state index contributed by atoms with van der Waals surface area (Å²) in [5.41, 5.74) is 0.246. The van der Waals surface area contributed by atoms with E-state index in [1.807, 2.05) is 0 Å². The summed E-state index contributed by atoms with van der Waals surface area (Å²) in [5.74, 6) is -0.0360. The Balaban J connectivity index is 2.02. The van der Waals surface area contributed by atoms with Gasteiger partial charge in [-0.2, -0.15) is 0 Å². The number of rotatable bonds is 6. The number of aromatic nitrogens is 1. The van der Waals surface area contributed by atoms with E-state index in [0.29, 0.717) is 18.9 Å².